The standard InChI is InChI=1S/C21H28FN5O2/c1-3-18(29-19-9-5-8-17(22)13-19)15-27-21(24-4-2)26-12-11-25-20(28)16-7-6-10-23-14-16/h5-10,13-14,18H,3-4,11-12,15H2,1-2H3,(H,25,28)(H2,24,26,27). The van der Waals surface area contributed by atoms with E-state index in [0.29, 0.717) is 43.5 Å². The molecule has 7 nitrogen and oxygen atoms in total. The van der Waals surface area contributed by atoms with Crippen molar-refractivity contribution in [3.63, 3.8) is 0 Å². The van der Waals surface area contributed by atoms with Crippen LogP contribution in [-0.4, -0.2) is 49.1 Å². The van der Waals surface area contributed by atoms with E-state index < -0.39 is 0 Å². The molecule has 156 valence electrons. The molecule has 3 N–H and O–H groups in total. The summed E-state index contributed by atoms with van der Waals surface area (Å²) >= 11 is 0. The molecule has 1 aromatic heterocycles. The molecule has 0 saturated carbocycles. The molecule has 2 aromatic rings. The third kappa shape index (κ3) is 8.16. The van der Waals surface area contributed by atoms with E-state index in [2.05, 4.69) is 25.9 Å². The first-order valence-electron chi connectivity index (χ1n) is 9.75. The lowest BCUT2D eigenvalue weighted by atomic mass is 10.2. The van der Waals surface area contributed by atoms with Gasteiger partial charge in [0, 0.05) is 38.1 Å². The van der Waals surface area contributed by atoms with Crippen LogP contribution in [0.2, 0.25) is 0 Å². The van der Waals surface area contributed by atoms with Gasteiger partial charge in [-0.3, -0.25) is 9.78 Å². The van der Waals surface area contributed by atoms with Crippen molar-refractivity contribution in [3.8, 4) is 5.75 Å². The maximum atomic E-state index is 13.3. The summed E-state index contributed by atoms with van der Waals surface area (Å²) in [5.41, 5.74) is 0.522. The molecule has 1 unspecified atom stereocenters. The van der Waals surface area contributed by atoms with Gasteiger partial charge in [-0.15, -0.1) is 0 Å². The highest BCUT2D eigenvalue weighted by atomic mass is 19.1. The summed E-state index contributed by atoms with van der Waals surface area (Å²) < 4.78 is 19.1. The Labute approximate surface area is 170 Å². The maximum Gasteiger partial charge on any atom is 0.252 e. The van der Waals surface area contributed by atoms with Crippen molar-refractivity contribution in [2.75, 3.05) is 26.2 Å². The molecule has 0 radical (unpaired) electrons. The van der Waals surface area contributed by atoms with Crippen LogP contribution in [0.4, 0.5) is 4.39 Å². The number of aromatic nitrogens is 1. The fourth-order valence-corrected chi connectivity index (χ4v) is 2.47. The second kappa shape index (κ2) is 12.3. The molecule has 0 fully saturated rings. The third-order valence-electron chi connectivity index (χ3n) is 3.98. The number of nitrogens with one attached hydrogen (secondary N) is 3. The summed E-state index contributed by atoms with van der Waals surface area (Å²) in [7, 11) is 0. The Balaban J connectivity index is 1.80. The minimum absolute atomic E-state index is 0.169. The number of nitrogens with zero attached hydrogens (tertiary/aromatic N) is 2. The molecule has 0 aliphatic carbocycles. The summed E-state index contributed by atoms with van der Waals surface area (Å²) in [4.78, 5) is 20.5. The highest BCUT2D eigenvalue weighted by Gasteiger charge is 2.09. The van der Waals surface area contributed by atoms with Crippen LogP contribution in [0.1, 0.15) is 30.6 Å². The predicted molar refractivity (Wildman–Crippen MR) is 112 cm³/mol. The number of hydrogen-bond donors (Lipinski definition) is 3. The van der Waals surface area contributed by atoms with E-state index in [1.165, 1.54) is 18.3 Å². The van der Waals surface area contributed by atoms with Gasteiger partial charge in [-0.1, -0.05) is 13.0 Å². The Morgan fingerprint density at radius 2 is 2.00 bits per heavy atom. The largest absolute Gasteiger partial charge is 0.488 e. The van der Waals surface area contributed by atoms with Crippen LogP contribution in [0, 0.1) is 5.82 Å². The Bertz CT molecular complexity index is 786. The van der Waals surface area contributed by atoms with Gasteiger partial charge in [0.05, 0.1) is 12.1 Å². The Hall–Kier alpha value is -3.16. The van der Waals surface area contributed by atoms with E-state index in [1.807, 2.05) is 13.8 Å². The molecule has 2 rings (SSSR count). The molecule has 29 heavy (non-hydrogen) atoms. The number of ether oxygens (including phenoxy) is 1. The quantitative estimate of drug-likeness (QED) is 0.323. The van der Waals surface area contributed by atoms with Crippen LogP contribution in [-0.2, 0) is 0 Å². The fourth-order valence-electron chi connectivity index (χ4n) is 2.47. The summed E-state index contributed by atoms with van der Waals surface area (Å²) in [5, 5.41) is 9.15. The van der Waals surface area contributed by atoms with Gasteiger partial charge in [-0.25, -0.2) is 9.38 Å². The van der Waals surface area contributed by atoms with Gasteiger partial charge >= 0.3 is 0 Å². The van der Waals surface area contributed by atoms with Crippen molar-refractivity contribution in [1.82, 2.24) is 20.9 Å². The molecule has 0 bridgehead atoms. The number of carbonyl (C=O) groups is 1. The van der Waals surface area contributed by atoms with E-state index in [-0.39, 0.29) is 17.8 Å². The molecule has 1 aromatic carbocycles. The zero-order chi connectivity index (χ0) is 20.9. The van der Waals surface area contributed by atoms with Gasteiger partial charge in [-0.2, -0.15) is 0 Å². The molecular formula is C21H28FN5O2. The average molecular weight is 401 g/mol. The third-order valence-corrected chi connectivity index (χ3v) is 3.98. The Morgan fingerprint density at radius 1 is 1.17 bits per heavy atom. The van der Waals surface area contributed by atoms with Crippen LogP contribution < -0.4 is 20.7 Å². The molecule has 0 spiro atoms. The predicted octanol–water partition coefficient (Wildman–Crippen LogP) is 2.36. The summed E-state index contributed by atoms with van der Waals surface area (Å²) in [6.07, 6.45) is 3.72. The first-order chi connectivity index (χ1) is 14.1. The first kappa shape index (κ1) is 22.1. The van der Waals surface area contributed by atoms with Gasteiger partial charge in [0.1, 0.15) is 17.7 Å². The van der Waals surface area contributed by atoms with Crippen molar-refractivity contribution in [1.29, 1.82) is 0 Å². The van der Waals surface area contributed by atoms with Crippen molar-refractivity contribution in [2.45, 2.75) is 26.4 Å². The minimum Gasteiger partial charge on any atom is -0.488 e. The number of carbonyl (C=O) groups excluding carboxylic acids is 1. The first-order valence-corrected chi connectivity index (χ1v) is 9.75. The molecule has 1 heterocycles. The number of pyridine rings is 1. The Morgan fingerprint density at radius 3 is 2.69 bits per heavy atom. The van der Waals surface area contributed by atoms with Crippen LogP contribution in [0.25, 0.3) is 0 Å². The average Bonchev–Trinajstić information content (AvgIpc) is 2.74. The number of amides is 1. The maximum absolute atomic E-state index is 13.3. The minimum atomic E-state index is -0.329. The van der Waals surface area contributed by atoms with E-state index in [1.54, 1.807) is 30.5 Å². The number of benzene rings is 1. The second-order valence-electron chi connectivity index (χ2n) is 6.25. The second-order valence-corrected chi connectivity index (χ2v) is 6.25. The van der Waals surface area contributed by atoms with Crippen molar-refractivity contribution < 1.29 is 13.9 Å². The summed E-state index contributed by atoms with van der Waals surface area (Å²) in [6.45, 7) is 6.05. The lowest BCUT2D eigenvalue weighted by Gasteiger charge is -2.17. The van der Waals surface area contributed by atoms with Crippen LogP contribution in [0.3, 0.4) is 0 Å². The molecule has 1 atom stereocenters. The van der Waals surface area contributed by atoms with Crippen LogP contribution in [0.15, 0.2) is 53.8 Å². The fraction of sp³-hybridized carbons (Fsp3) is 0.381. The monoisotopic (exact) mass is 401 g/mol. The molecule has 8 heteroatoms. The smallest absolute Gasteiger partial charge is 0.252 e. The van der Waals surface area contributed by atoms with E-state index >= 15 is 0 Å². The van der Waals surface area contributed by atoms with Crippen LogP contribution >= 0.6 is 0 Å². The van der Waals surface area contributed by atoms with Gasteiger partial charge in [-0.05, 0) is 37.6 Å². The molecular weight excluding hydrogens is 373 g/mol. The normalized spacial score (nSPS) is 12.2. The number of aliphatic imine (C=N–C) groups is 1. The van der Waals surface area contributed by atoms with Crippen molar-refractivity contribution in [3.05, 3.63) is 60.2 Å². The van der Waals surface area contributed by atoms with E-state index in [0.717, 1.165) is 6.42 Å². The number of halogens is 1. The number of guanidine groups is 1. The number of rotatable bonds is 10. The zero-order valence-electron chi connectivity index (χ0n) is 16.8. The van der Waals surface area contributed by atoms with E-state index in [9.17, 15) is 9.18 Å². The van der Waals surface area contributed by atoms with Gasteiger partial charge in [0.2, 0.25) is 0 Å². The summed E-state index contributed by atoms with van der Waals surface area (Å²) in [6, 6.07) is 9.52. The van der Waals surface area contributed by atoms with Gasteiger partial charge < -0.3 is 20.7 Å². The van der Waals surface area contributed by atoms with Crippen molar-refractivity contribution >= 4 is 11.9 Å². The topological polar surface area (TPSA) is 87.6 Å². The lowest BCUT2D eigenvalue weighted by molar-refractivity contribution is 0.0954. The van der Waals surface area contributed by atoms with Crippen molar-refractivity contribution in [2.24, 2.45) is 4.99 Å². The summed E-state index contributed by atoms with van der Waals surface area (Å²) in [5.74, 6) is 0.619. The zero-order valence-corrected chi connectivity index (χ0v) is 16.8. The highest BCUT2D eigenvalue weighted by Crippen LogP contribution is 2.15. The SMILES string of the molecule is CCNC(=NCC(CC)Oc1cccc(F)c1)NCCNC(=O)c1cccnc1. The van der Waals surface area contributed by atoms with Gasteiger partial charge in [0.25, 0.3) is 5.91 Å². The molecule has 1 amide bonds. The number of hydrogen-bond acceptors (Lipinski definition) is 4. The molecule has 0 saturated heterocycles. The lowest BCUT2D eigenvalue weighted by Crippen LogP contribution is -2.42. The Kier molecular flexibility index (Phi) is 9.41. The van der Waals surface area contributed by atoms with E-state index in [4.69, 9.17) is 4.74 Å². The highest BCUT2D eigenvalue weighted by molar-refractivity contribution is 5.93. The van der Waals surface area contributed by atoms with Crippen LogP contribution in [0.5, 0.6) is 5.75 Å². The molecule has 0 aliphatic heterocycles. The molecule has 0 aliphatic rings. The van der Waals surface area contributed by atoms with Gasteiger partial charge in [0.15, 0.2) is 5.96 Å².